The highest BCUT2D eigenvalue weighted by Gasteiger charge is 2.24. The zero-order chi connectivity index (χ0) is 10.3. The number of ether oxygens (including phenoxy) is 1. The van der Waals surface area contributed by atoms with Crippen molar-refractivity contribution in [2.24, 2.45) is 0 Å². The minimum atomic E-state index is 0.134. The highest BCUT2D eigenvalue weighted by molar-refractivity contribution is 5.28. The van der Waals surface area contributed by atoms with Gasteiger partial charge in [-0.25, -0.2) is 9.97 Å². The van der Waals surface area contributed by atoms with E-state index in [2.05, 4.69) is 22.2 Å². The van der Waals surface area contributed by atoms with Gasteiger partial charge in [0.2, 0.25) is 0 Å². The van der Waals surface area contributed by atoms with E-state index in [1.54, 1.807) is 0 Å². The average Bonchev–Trinajstić information content (AvgIpc) is 2.88. The third kappa shape index (κ3) is 1.54. The maximum absolute atomic E-state index is 5.61. The van der Waals surface area contributed by atoms with E-state index in [1.807, 2.05) is 0 Å². The van der Waals surface area contributed by atoms with Crippen molar-refractivity contribution in [1.82, 2.24) is 15.3 Å². The van der Waals surface area contributed by atoms with Crippen molar-refractivity contribution in [3.63, 3.8) is 0 Å². The van der Waals surface area contributed by atoms with Gasteiger partial charge < -0.3 is 10.1 Å². The molecule has 0 aliphatic carbocycles. The number of rotatable bonds is 1. The molecule has 0 bridgehead atoms. The van der Waals surface area contributed by atoms with Gasteiger partial charge in [-0.05, 0) is 19.8 Å². The second kappa shape index (κ2) is 3.54. The van der Waals surface area contributed by atoms with E-state index in [4.69, 9.17) is 4.74 Å². The molecule has 3 heterocycles. The quantitative estimate of drug-likeness (QED) is 0.749. The fourth-order valence-corrected chi connectivity index (χ4v) is 2.29. The van der Waals surface area contributed by atoms with Gasteiger partial charge in [-0.1, -0.05) is 0 Å². The number of nitrogens with one attached hydrogen (secondary N) is 1. The summed E-state index contributed by atoms with van der Waals surface area (Å²) in [5.41, 5.74) is 3.54. The SMILES string of the molecule is Cc1nc(C2CCCO2)nc2c1CNC2. The molecule has 1 atom stereocenters. The Morgan fingerprint density at radius 3 is 3.07 bits per heavy atom. The summed E-state index contributed by atoms with van der Waals surface area (Å²) < 4.78 is 5.61. The Bertz CT molecular complexity index is 386. The third-order valence-electron chi connectivity index (χ3n) is 3.13. The Kier molecular flexibility index (Phi) is 2.18. The first-order chi connectivity index (χ1) is 7.34. The molecule has 0 radical (unpaired) electrons. The van der Waals surface area contributed by atoms with Crippen molar-refractivity contribution in [2.75, 3.05) is 6.61 Å². The molecular formula is C11H15N3O. The summed E-state index contributed by atoms with van der Waals surface area (Å²) in [5.74, 6) is 0.882. The number of hydrogen-bond acceptors (Lipinski definition) is 4. The van der Waals surface area contributed by atoms with Crippen LogP contribution in [0.3, 0.4) is 0 Å². The van der Waals surface area contributed by atoms with E-state index in [9.17, 15) is 0 Å². The molecule has 1 N–H and O–H groups in total. The zero-order valence-corrected chi connectivity index (χ0v) is 8.92. The predicted molar refractivity (Wildman–Crippen MR) is 55.2 cm³/mol. The maximum Gasteiger partial charge on any atom is 0.157 e. The lowest BCUT2D eigenvalue weighted by atomic mass is 10.1. The molecule has 1 fully saturated rings. The molecular weight excluding hydrogens is 190 g/mol. The lowest BCUT2D eigenvalue weighted by Crippen LogP contribution is -2.07. The average molecular weight is 205 g/mol. The highest BCUT2D eigenvalue weighted by atomic mass is 16.5. The van der Waals surface area contributed by atoms with Crippen LogP contribution in [0.25, 0.3) is 0 Å². The summed E-state index contributed by atoms with van der Waals surface area (Å²) >= 11 is 0. The second-order valence-electron chi connectivity index (χ2n) is 4.20. The maximum atomic E-state index is 5.61. The molecule has 1 saturated heterocycles. The molecule has 1 aromatic rings. The van der Waals surface area contributed by atoms with Crippen LogP contribution < -0.4 is 5.32 Å². The lowest BCUT2D eigenvalue weighted by molar-refractivity contribution is 0.104. The predicted octanol–water partition coefficient (Wildman–Crippen LogP) is 1.24. The van der Waals surface area contributed by atoms with Crippen molar-refractivity contribution < 1.29 is 4.74 Å². The molecule has 1 unspecified atom stereocenters. The zero-order valence-electron chi connectivity index (χ0n) is 8.92. The Labute approximate surface area is 89.1 Å². The second-order valence-corrected chi connectivity index (χ2v) is 4.20. The summed E-state index contributed by atoms with van der Waals surface area (Å²) in [6.07, 6.45) is 2.32. The molecule has 2 aliphatic rings. The van der Waals surface area contributed by atoms with Crippen LogP contribution >= 0.6 is 0 Å². The number of hydrogen-bond donors (Lipinski definition) is 1. The van der Waals surface area contributed by atoms with Gasteiger partial charge in [-0.15, -0.1) is 0 Å². The van der Waals surface area contributed by atoms with E-state index in [-0.39, 0.29) is 6.10 Å². The van der Waals surface area contributed by atoms with Gasteiger partial charge in [0.15, 0.2) is 5.82 Å². The van der Waals surface area contributed by atoms with E-state index >= 15 is 0 Å². The summed E-state index contributed by atoms with van der Waals surface area (Å²) in [7, 11) is 0. The third-order valence-corrected chi connectivity index (χ3v) is 3.13. The fraction of sp³-hybridized carbons (Fsp3) is 0.636. The van der Waals surface area contributed by atoms with Crippen LogP contribution in [0, 0.1) is 6.92 Å². The normalized spacial score (nSPS) is 24.5. The lowest BCUT2D eigenvalue weighted by Gasteiger charge is -2.10. The molecule has 2 aliphatic heterocycles. The van der Waals surface area contributed by atoms with Crippen molar-refractivity contribution in [2.45, 2.75) is 39.0 Å². The molecule has 4 heteroatoms. The number of aryl methyl sites for hydroxylation is 1. The summed E-state index contributed by atoms with van der Waals surface area (Å²) in [4.78, 5) is 9.15. The van der Waals surface area contributed by atoms with Gasteiger partial charge in [0, 0.05) is 31.0 Å². The fourth-order valence-electron chi connectivity index (χ4n) is 2.29. The Morgan fingerprint density at radius 2 is 2.27 bits per heavy atom. The molecule has 4 nitrogen and oxygen atoms in total. The standard InChI is InChI=1S/C11H15N3O/c1-7-8-5-12-6-9(8)14-11(13-7)10-3-2-4-15-10/h10,12H,2-6H2,1H3. The molecule has 1 aromatic heterocycles. The monoisotopic (exact) mass is 205 g/mol. The Balaban J connectivity index is 1.99. The molecule has 0 aromatic carbocycles. The van der Waals surface area contributed by atoms with Gasteiger partial charge in [0.1, 0.15) is 6.10 Å². The minimum Gasteiger partial charge on any atom is -0.370 e. The molecule has 80 valence electrons. The number of fused-ring (bicyclic) bond motifs is 1. The van der Waals surface area contributed by atoms with Crippen LogP contribution in [0.1, 0.15) is 41.7 Å². The van der Waals surface area contributed by atoms with E-state index in [0.717, 1.165) is 49.8 Å². The topological polar surface area (TPSA) is 47.0 Å². The van der Waals surface area contributed by atoms with Crippen LogP contribution in [0.5, 0.6) is 0 Å². The van der Waals surface area contributed by atoms with Crippen molar-refractivity contribution >= 4 is 0 Å². The van der Waals surface area contributed by atoms with Crippen LogP contribution in [-0.2, 0) is 17.8 Å². The first-order valence-electron chi connectivity index (χ1n) is 5.53. The first-order valence-corrected chi connectivity index (χ1v) is 5.53. The van der Waals surface area contributed by atoms with Gasteiger partial charge in [-0.2, -0.15) is 0 Å². The Morgan fingerprint density at radius 1 is 1.33 bits per heavy atom. The highest BCUT2D eigenvalue weighted by Crippen LogP contribution is 2.27. The van der Waals surface area contributed by atoms with E-state index in [0.29, 0.717) is 0 Å². The van der Waals surface area contributed by atoms with E-state index < -0.39 is 0 Å². The largest absolute Gasteiger partial charge is 0.370 e. The molecule has 0 saturated carbocycles. The van der Waals surface area contributed by atoms with Crippen LogP contribution in [-0.4, -0.2) is 16.6 Å². The minimum absolute atomic E-state index is 0.134. The molecule has 15 heavy (non-hydrogen) atoms. The molecule has 0 spiro atoms. The van der Waals surface area contributed by atoms with Crippen molar-refractivity contribution in [3.05, 3.63) is 22.8 Å². The Hall–Kier alpha value is -1.00. The smallest absolute Gasteiger partial charge is 0.157 e. The number of aromatic nitrogens is 2. The van der Waals surface area contributed by atoms with Crippen molar-refractivity contribution in [1.29, 1.82) is 0 Å². The van der Waals surface area contributed by atoms with E-state index in [1.165, 1.54) is 5.56 Å². The van der Waals surface area contributed by atoms with Gasteiger partial charge >= 0.3 is 0 Å². The first kappa shape index (κ1) is 9.24. The van der Waals surface area contributed by atoms with Gasteiger partial charge in [0.25, 0.3) is 0 Å². The van der Waals surface area contributed by atoms with Crippen molar-refractivity contribution in [3.8, 4) is 0 Å². The van der Waals surface area contributed by atoms with Crippen LogP contribution in [0.2, 0.25) is 0 Å². The summed E-state index contributed by atoms with van der Waals surface area (Å²) in [5, 5.41) is 3.30. The summed E-state index contributed by atoms with van der Waals surface area (Å²) in [6.45, 7) is 4.69. The molecule has 0 amide bonds. The van der Waals surface area contributed by atoms with Crippen LogP contribution in [0.4, 0.5) is 0 Å². The van der Waals surface area contributed by atoms with Gasteiger partial charge in [-0.3, -0.25) is 0 Å². The number of nitrogens with zero attached hydrogens (tertiary/aromatic N) is 2. The molecule has 3 rings (SSSR count). The summed E-state index contributed by atoms with van der Waals surface area (Å²) in [6, 6.07) is 0. The van der Waals surface area contributed by atoms with Crippen LogP contribution in [0.15, 0.2) is 0 Å². The van der Waals surface area contributed by atoms with Gasteiger partial charge in [0.05, 0.1) is 5.69 Å².